The second-order valence-electron chi connectivity index (χ2n) is 11.8. The lowest BCUT2D eigenvalue weighted by Crippen LogP contribution is -2.50. The molecule has 0 aromatic rings. The van der Waals surface area contributed by atoms with Gasteiger partial charge in [0.15, 0.2) is 0 Å². The molecule has 0 unspecified atom stereocenters. The Bertz CT molecular complexity index is 459. The van der Waals surface area contributed by atoms with Crippen LogP contribution < -0.4 is 5.32 Å². The molecule has 0 saturated carbocycles. The molecule has 0 rings (SSSR count). The van der Waals surface area contributed by atoms with Crippen LogP contribution in [0.15, 0.2) is 0 Å². The van der Waals surface area contributed by atoms with E-state index in [0.717, 1.165) is 19.3 Å². The normalized spacial score (nSPS) is 14.1. The fourth-order valence-corrected chi connectivity index (χ4v) is 3.25. The maximum atomic E-state index is 13.0. The van der Waals surface area contributed by atoms with E-state index in [-0.39, 0.29) is 27.9 Å². The smallest absolute Gasteiger partial charge is 0.226 e. The Kier molecular flexibility index (Phi) is 9.56. The van der Waals surface area contributed by atoms with Crippen LogP contribution in [0.25, 0.3) is 0 Å². The molecule has 0 heterocycles. The summed E-state index contributed by atoms with van der Waals surface area (Å²) in [6, 6.07) is 0. The molecule has 27 heavy (non-hydrogen) atoms. The van der Waals surface area contributed by atoms with Gasteiger partial charge in [0, 0.05) is 17.6 Å². The quantitative estimate of drug-likeness (QED) is 0.412. The van der Waals surface area contributed by atoms with Crippen molar-refractivity contribution in [3.05, 3.63) is 0 Å². The fourth-order valence-electron chi connectivity index (χ4n) is 3.25. The van der Waals surface area contributed by atoms with E-state index in [0.29, 0.717) is 18.4 Å². The highest BCUT2D eigenvalue weighted by atomic mass is 16.5. The molecule has 0 aromatic heterocycles. The summed E-state index contributed by atoms with van der Waals surface area (Å²) < 4.78 is 6.14. The van der Waals surface area contributed by atoms with E-state index in [9.17, 15) is 4.79 Å². The van der Waals surface area contributed by atoms with E-state index in [2.05, 4.69) is 88.4 Å². The maximum absolute atomic E-state index is 13.0. The average molecular weight is 384 g/mol. The second-order valence-corrected chi connectivity index (χ2v) is 11.8. The van der Waals surface area contributed by atoms with Gasteiger partial charge in [0.05, 0.1) is 5.60 Å². The van der Waals surface area contributed by atoms with E-state index in [1.54, 1.807) is 0 Å². The van der Waals surface area contributed by atoms with Crippen molar-refractivity contribution >= 4 is 5.91 Å². The number of carbonyl (C=O) groups is 1. The van der Waals surface area contributed by atoms with Crippen LogP contribution in [0.1, 0.15) is 109 Å². The SMILES string of the molecule is CC(C)CCC(C)(C)OCCC(C)(C)NC(=O)C(C)(C)CC(C)(C)C(C)C. The molecule has 0 atom stereocenters. The van der Waals surface area contributed by atoms with Crippen molar-refractivity contribution < 1.29 is 9.53 Å². The van der Waals surface area contributed by atoms with Gasteiger partial charge in [-0.05, 0) is 70.6 Å². The Labute approximate surface area is 170 Å². The third-order valence-corrected chi connectivity index (χ3v) is 6.07. The Morgan fingerprint density at radius 2 is 1.41 bits per heavy atom. The Morgan fingerprint density at radius 3 is 1.85 bits per heavy atom. The zero-order chi connectivity index (χ0) is 21.7. The molecule has 1 N–H and O–H groups in total. The van der Waals surface area contributed by atoms with Crippen LogP contribution in [0, 0.1) is 22.7 Å². The number of hydrogen-bond acceptors (Lipinski definition) is 2. The molecule has 0 saturated heterocycles. The summed E-state index contributed by atoms with van der Waals surface area (Å²) in [5.41, 5.74) is -0.633. The minimum Gasteiger partial charge on any atom is -0.375 e. The van der Waals surface area contributed by atoms with E-state index in [4.69, 9.17) is 4.74 Å². The highest BCUT2D eigenvalue weighted by molar-refractivity contribution is 5.82. The minimum atomic E-state index is -0.386. The van der Waals surface area contributed by atoms with Gasteiger partial charge in [0.25, 0.3) is 0 Å². The van der Waals surface area contributed by atoms with Crippen molar-refractivity contribution in [2.75, 3.05) is 6.61 Å². The molecule has 0 radical (unpaired) electrons. The molecule has 0 fully saturated rings. The van der Waals surface area contributed by atoms with Gasteiger partial charge in [0.1, 0.15) is 0 Å². The molecule has 162 valence electrons. The molecule has 3 heteroatoms. The lowest BCUT2D eigenvalue weighted by atomic mass is 9.69. The first-order valence-electron chi connectivity index (χ1n) is 10.9. The molecular weight excluding hydrogens is 334 g/mol. The third-order valence-electron chi connectivity index (χ3n) is 6.07. The fraction of sp³-hybridized carbons (Fsp3) is 0.958. The van der Waals surface area contributed by atoms with Gasteiger partial charge in [-0.2, -0.15) is 0 Å². The summed E-state index contributed by atoms with van der Waals surface area (Å²) in [5, 5.41) is 3.28. The van der Waals surface area contributed by atoms with Crippen molar-refractivity contribution in [2.45, 2.75) is 120 Å². The molecule has 3 nitrogen and oxygen atoms in total. The lowest BCUT2D eigenvalue weighted by Gasteiger charge is -2.39. The Balaban J connectivity index is 4.66. The second kappa shape index (κ2) is 9.76. The summed E-state index contributed by atoms with van der Waals surface area (Å²) in [7, 11) is 0. The molecular formula is C24H49NO2. The zero-order valence-electron chi connectivity index (χ0n) is 20.5. The number of carbonyl (C=O) groups excluding carboxylic acids is 1. The first-order valence-corrected chi connectivity index (χ1v) is 10.9. The van der Waals surface area contributed by atoms with Gasteiger partial charge in [-0.3, -0.25) is 4.79 Å². The highest BCUT2D eigenvalue weighted by Crippen LogP contribution is 2.39. The Morgan fingerprint density at radius 1 is 0.889 bits per heavy atom. The van der Waals surface area contributed by atoms with Crippen LogP contribution in [0.4, 0.5) is 0 Å². The van der Waals surface area contributed by atoms with Crippen LogP contribution >= 0.6 is 0 Å². The van der Waals surface area contributed by atoms with Crippen molar-refractivity contribution in [3.63, 3.8) is 0 Å². The molecule has 0 aliphatic rings. The number of nitrogens with one attached hydrogen (secondary N) is 1. The molecule has 0 aliphatic heterocycles. The van der Waals surface area contributed by atoms with Crippen molar-refractivity contribution in [1.29, 1.82) is 0 Å². The predicted octanol–water partition coefficient (Wildman–Crippen LogP) is 6.60. The maximum Gasteiger partial charge on any atom is 0.226 e. The number of ether oxygens (including phenoxy) is 1. The Hall–Kier alpha value is -0.570. The van der Waals surface area contributed by atoms with Crippen LogP contribution in [0.5, 0.6) is 0 Å². The predicted molar refractivity (Wildman–Crippen MR) is 118 cm³/mol. The van der Waals surface area contributed by atoms with Crippen LogP contribution in [-0.2, 0) is 9.53 Å². The average Bonchev–Trinajstić information content (AvgIpc) is 2.43. The molecule has 0 aromatic carbocycles. The van der Waals surface area contributed by atoms with E-state index in [1.165, 1.54) is 6.42 Å². The van der Waals surface area contributed by atoms with Gasteiger partial charge in [-0.25, -0.2) is 0 Å². The zero-order valence-corrected chi connectivity index (χ0v) is 20.5. The van der Waals surface area contributed by atoms with Crippen molar-refractivity contribution in [1.82, 2.24) is 5.32 Å². The van der Waals surface area contributed by atoms with E-state index >= 15 is 0 Å². The molecule has 0 bridgehead atoms. The van der Waals surface area contributed by atoms with Gasteiger partial charge in [-0.1, -0.05) is 55.4 Å². The lowest BCUT2D eigenvalue weighted by molar-refractivity contribution is -0.133. The summed E-state index contributed by atoms with van der Waals surface area (Å²) >= 11 is 0. The van der Waals surface area contributed by atoms with Crippen LogP contribution in [0.2, 0.25) is 0 Å². The van der Waals surface area contributed by atoms with Gasteiger partial charge in [0.2, 0.25) is 5.91 Å². The summed E-state index contributed by atoms with van der Waals surface area (Å²) in [5.74, 6) is 1.38. The van der Waals surface area contributed by atoms with Crippen LogP contribution in [0.3, 0.4) is 0 Å². The van der Waals surface area contributed by atoms with E-state index < -0.39 is 0 Å². The molecule has 1 amide bonds. The van der Waals surface area contributed by atoms with Crippen molar-refractivity contribution in [2.24, 2.45) is 22.7 Å². The largest absolute Gasteiger partial charge is 0.375 e. The van der Waals surface area contributed by atoms with Crippen molar-refractivity contribution in [3.8, 4) is 0 Å². The van der Waals surface area contributed by atoms with Crippen LogP contribution in [-0.4, -0.2) is 23.7 Å². The summed E-state index contributed by atoms with van der Waals surface area (Å²) in [6.45, 7) is 26.8. The third kappa shape index (κ3) is 10.5. The van der Waals surface area contributed by atoms with Gasteiger partial charge >= 0.3 is 0 Å². The first kappa shape index (κ1) is 26.4. The summed E-state index contributed by atoms with van der Waals surface area (Å²) in [6.07, 6.45) is 3.92. The highest BCUT2D eigenvalue weighted by Gasteiger charge is 2.38. The standard InChI is InChI=1S/C24H49NO2/c1-18(2)13-14-24(11,12)27-16-15-23(9,10)25-20(26)22(7,8)17-21(5,6)19(3)4/h18-19H,13-17H2,1-12H3,(H,25,26). The number of rotatable bonds is 12. The first-order chi connectivity index (χ1) is 11.9. The molecule has 0 aliphatic carbocycles. The molecule has 0 spiro atoms. The van der Waals surface area contributed by atoms with Gasteiger partial charge < -0.3 is 10.1 Å². The number of hydrogen-bond donors (Lipinski definition) is 1. The topological polar surface area (TPSA) is 38.3 Å². The van der Waals surface area contributed by atoms with Gasteiger partial charge in [-0.15, -0.1) is 0 Å². The minimum absolute atomic E-state index is 0.106. The monoisotopic (exact) mass is 383 g/mol. The van der Waals surface area contributed by atoms with E-state index in [1.807, 2.05) is 0 Å². The summed E-state index contributed by atoms with van der Waals surface area (Å²) in [4.78, 5) is 13.0. The number of amides is 1.